The lowest BCUT2D eigenvalue weighted by molar-refractivity contribution is -0.0720. The minimum atomic E-state index is -1.86. The second-order valence-electron chi connectivity index (χ2n) is 6.64. The first-order chi connectivity index (χ1) is 14.0. The lowest BCUT2D eigenvalue weighted by atomic mass is 9.96. The molecule has 3 heterocycles. The molecule has 3 N–H and O–H groups in total. The van der Waals surface area contributed by atoms with Crippen molar-refractivity contribution in [1.82, 2.24) is 14.4 Å². The fraction of sp³-hybridized carbons (Fsp3) is 0.250. The van der Waals surface area contributed by atoms with Crippen LogP contribution in [0.25, 0.3) is 5.65 Å². The minimum absolute atomic E-state index is 0.175. The number of benzene rings is 1. The van der Waals surface area contributed by atoms with Gasteiger partial charge in [0.05, 0.1) is 6.61 Å². The summed E-state index contributed by atoms with van der Waals surface area (Å²) < 4.78 is 21.7. The van der Waals surface area contributed by atoms with Gasteiger partial charge < -0.3 is 14.9 Å². The van der Waals surface area contributed by atoms with Crippen LogP contribution in [0.3, 0.4) is 0 Å². The first-order valence-corrected chi connectivity index (χ1v) is 8.77. The molecule has 29 heavy (non-hydrogen) atoms. The average molecular weight is 396 g/mol. The zero-order chi connectivity index (χ0) is 20.6. The van der Waals surface area contributed by atoms with Crippen molar-refractivity contribution in [3.63, 3.8) is 0 Å². The molecule has 4 rings (SSSR count). The number of hydrogen-bond donors (Lipinski definition) is 3. The first-order valence-electron chi connectivity index (χ1n) is 8.77. The number of nitrogens with one attached hydrogen (secondary N) is 1. The van der Waals surface area contributed by atoms with Gasteiger partial charge in [0.2, 0.25) is 5.95 Å². The number of rotatable bonds is 4. The van der Waals surface area contributed by atoms with Crippen molar-refractivity contribution in [3.05, 3.63) is 60.0 Å². The lowest BCUT2D eigenvalue weighted by Crippen LogP contribution is -2.44. The van der Waals surface area contributed by atoms with E-state index in [1.165, 1.54) is 23.0 Å². The Hall–Kier alpha value is -3.32. The van der Waals surface area contributed by atoms with E-state index < -0.39 is 30.6 Å². The van der Waals surface area contributed by atoms with Gasteiger partial charge in [-0.15, -0.1) is 6.42 Å². The van der Waals surface area contributed by atoms with Crippen LogP contribution in [0.5, 0.6) is 0 Å². The highest BCUT2D eigenvalue weighted by Gasteiger charge is 2.55. The number of nitrogens with zero attached hydrogens (tertiary/aromatic N) is 3. The Morgan fingerprint density at radius 3 is 2.79 bits per heavy atom. The Bertz CT molecular complexity index is 1100. The van der Waals surface area contributed by atoms with Crippen LogP contribution < -0.4 is 5.32 Å². The third kappa shape index (κ3) is 3.13. The monoisotopic (exact) mass is 396 g/mol. The number of carbonyl (C=O) groups excluding carboxylic acids is 1. The van der Waals surface area contributed by atoms with Crippen LogP contribution in [0.4, 0.5) is 10.3 Å². The van der Waals surface area contributed by atoms with Crippen molar-refractivity contribution in [1.29, 1.82) is 0 Å². The summed E-state index contributed by atoms with van der Waals surface area (Å²) >= 11 is 0. The van der Waals surface area contributed by atoms with Crippen molar-refractivity contribution in [3.8, 4) is 12.3 Å². The average Bonchev–Trinajstić information content (AvgIpc) is 3.29. The summed E-state index contributed by atoms with van der Waals surface area (Å²) in [4.78, 5) is 20.6. The third-order valence-electron chi connectivity index (χ3n) is 4.89. The number of ether oxygens (including phenoxy) is 1. The molecule has 4 atom stereocenters. The van der Waals surface area contributed by atoms with Crippen LogP contribution >= 0.6 is 0 Å². The standard InChI is InChI=1S/C20H17FN4O4/c1-2-20(10-26)17(27)15(21)16(29-20)13-8-14-22-11-23-19(25(14)9-13)24-18(28)12-6-4-3-5-7-12/h1,3-9,11,15-17,26-27H,10H2,(H,22,23,24,28)/t15-,16-,17-,20+/m0/s1. The molecule has 1 fully saturated rings. The van der Waals surface area contributed by atoms with Gasteiger partial charge >= 0.3 is 0 Å². The molecule has 9 heteroatoms. The highest BCUT2D eigenvalue weighted by molar-refractivity contribution is 6.03. The maximum absolute atomic E-state index is 14.7. The van der Waals surface area contributed by atoms with Gasteiger partial charge in [0.1, 0.15) is 24.2 Å². The number of aliphatic hydroxyl groups excluding tert-OH is 2. The number of amides is 1. The molecule has 1 aliphatic rings. The SMILES string of the molecule is C#C[C@]1(CO)O[C@@H](c2cc3ncnc(NC(=O)c4ccccc4)n3c2)[C@H](F)[C@@H]1O. The van der Waals surface area contributed by atoms with Gasteiger partial charge in [-0.1, -0.05) is 24.1 Å². The first kappa shape index (κ1) is 19.0. The maximum Gasteiger partial charge on any atom is 0.257 e. The third-order valence-corrected chi connectivity index (χ3v) is 4.89. The van der Waals surface area contributed by atoms with Crippen LogP contribution in [0.1, 0.15) is 22.0 Å². The van der Waals surface area contributed by atoms with Gasteiger partial charge in [-0.25, -0.2) is 14.4 Å². The Morgan fingerprint density at radius 1 is 1.38 bits per heavy atom. The van der Waals surface area contributed by atoms with Crippen LogP contribution in [0.15, 0.2) is 48.9 Å². The van der Waals surface area contributed by atoms with Gasteiger partial charge in [-0.05, 0) is 18.2 Å². The number of alkyl halides is 1. The predicted molar refractivity (Wildman–Crippen MR) is 101 cm³/mol. The number of anilines is 1. The van der Waals surface area contributed by atoms with Gasteiger partial charge in [-0.2, -0.15) is 0 Å². The number of fused-ring (bicyclic) bond motifs is 1. The van der Waals surface area contributed by atoms with Gasteiger partial charge in [-0.3, -0.25) is 14.5 Å². The lowest BCUT2D eigenvalue weighted by Gasteiger charge is -2.23. The van der Waals surface area contributed by atoms with Crippen LogP contribution in [-0.2, 0) is 4.74 Å². The summed E-state index contributed by atoms with van der Waals surface area (Å²) in [6, 6.07) is 10.1. The molecule has 2 aromatic heterocycles. The summed E-state index contributed by atoms with van der Waals surface area (Å²) in [5, 5.41) is 22.3. The van der Waals surface area contributed by atoms with Crippen LogP contribution in [0.2, 0.25) is 0 Å². The normalized spacial score (nSPS) is 26.3. The summed E-state index contributed by atoms with van der Waals surface area (Å²) in [6.07, 6.45) is 3.34. The van der Waals surface area contributed by atoms with E-state index in [9.17, 15) is 19.4 Å². The zero-order valence-electron chi connectivity index (χ0n) is 15.1. The number of hydrogen-bond acceptors (Lipinski definition) is 6. The number of aromatic nitrogens is 3. The van der Waals surface area contributed by atoms with Crippen LogP contribution in [-0.4, -0.2) is 55.0 Å². The molecular weight excluding hydrogens is 379 g/mol. The molecule has 1 aliphatic heterocycles. The second-order valence-corrected chi connectivity index (χ2v) is 6.64. The fourth-order valence-electron chi connectivity index (χ4n) is 3.29. The van der Waals surface area contributed by atoms with Gasteiger partial charge in [0, 0.05) is 17.3 Å². The summed E-state index contributed by atoms with van der Waals surface area (Å²) in [7, 11) is 0. The maximum atomic E-state index is 14.7. The van der Waals surface area contributed by atoms with E-state index >= 15 is 0 Å². The highest BCUT2D eigenvalue weighted by Crippen LogP contribution is 2.42. The Balaban J connectivity index is 1.67. The number of aliphatic hydroxyl groups is 2. The number of terminal acetylenes is 1. The molecular formula is C20H17FN4O4. The number of carbonyl (C=O) groups is 1. The van der Waals surface area contributed by atoms with Crippen molar-refractivity contribution in [2.45, 2.75) is 24.0 Å². The quantitative estimate of drug-likeness (QED) is 0.570. The van der Waals surface area contributed by atoms with Crippen molar-refractivity contribution < 1.29 is 24.1 Å². The van der Waals surface area contributed by atoms with E-state index in [0.29, 0.717) is 16.8 Å². The predicted octanol–water partition coefficient (Wildman–Crippen LogP) is 1.12. The van der Waals surface area contributed by atoms with E-state index in [4.69, 9.17) is 11.2 Å². The molecule has 0 spiro atoms. The molecule has 0 bridgehead atoms. The second kappa shape index (κ2) is 7.25. The molecule has 1 saturated heterocycles. The van der Waals surface area contributed by atoms with E-state index in [2.05, 4.69) is 21.2 Å². The Morgan fingerprint density at radius 2 is 2.14 bits per heavy atom. The Kier molecular flexibility index (Phi) is 4.76. The molecule has 0 saturated carbocycles. The summed E-state index contributed by atoms with van der Waals surface area (Å²) in [6.45, 7) is -0.729. The minimum Gasteiger partial charge on any atom is -0.392 e. The number of halogens is 1. The Labute approximate surface area is 165 Å². The van der Waals surface area contributed by atoms with Gasteiger partial charge in [0.15, 0.2) is 11.8 Å². The van der Waals surface area contributed by atoms with E-state index in [0.717, 1.165) is 0 Å². The molecule has 148 valence electrons. The zero-order valence-corrected chi connectivity index (χ0v) is 15.1. The largest absolute Gasteiger partial charge is 0.392 e. The smallest absolute Gasteiger partial charge is 0.257 e. The molecule has 0 unspecified atom stereocenters. The molecule has 0 aliphatic carbocycles. The summed E-state index contributed by atoms with van der Waals surface area (Å²) in [5.74, 6) is 1.95. The van der Waals surface area contributed by atoms with E-state index in [-0.39, 0.29) is 11.9 Å². The molecule has 0 radical (unpaired) electrons. The fourth-order valence-corrected chi connectivity index (χ4v) is 3.29. The van der Waals surface area contributed by atoms with Gasteiger partial charge in [0.25, 0.3) is 5.91 Å². The van der Waals surface area contributed by atoms with E-state index in [1.54, 1.807) is 30.3 Å². The topological polar surface area (TPSA) is 109 Å². The van der Waals surface area contributed by atoms with Crippen molar-refractivity contribution in [2.24, 2.45) is 0 Å². The molecule has 1 aromatic carbocycles. The molecule has 3 aromatic rings. The van der Waals surface area contributed by atoms with Crippen LogP contribution in [0, 0.1) is 12.3 Å². The molecule has 1 amide bonds. The van der Waals surface area contributed by atoms with Crippen molar-refractivity contribution >= 4 is 17.5 Å². The highest BCUT2D eigenvalue weighted by atomic mass is 19.1. The molecule has 8 nitrogen and oxygen atoms in total. The van der Waals surface area contributed by atoms with Crippen molar-refractivity contribution in [2.75, 3.05) is 11.9 Å². The summed E-state index contributed by atoms with van der Waals surface area (Å²) in [5.41, 5.74) is -0.669. The van der Waals surface area contributed by atoms with E-state index in [1.807, 2.05) is 0 Å².